The van der Waals surface area contributed by atoms with Crippen molar-refractivity contribution in [3.05, 3.63) is 0 Å². The van der Waals surface area contributed by atoms with E-state index in [-0.39, 0.29) is 5.54 Å². The van der Waals surface area contributed by atoms with Gasteiger partial charge < -0.3 is 10.6 Å². The topological polar surface area (TPSA) is 32.5 Å². The zero-order valence-electron chi connectivity index (χ0n) is 11.8. The van der Waals surface area contributed by atoms with Crippen molar-refractivity contribution >= 4 is 0 Å². The molecule has 0 radical (unpaired) electrons. The average Bonchev–Trinajstić information content (AvgIpc) is 2.59. The van der Waals surface area contributed by atoms with Gasteiger partial charge in [0.15, 0.2) is 0 Å². The molecule has 3 atom stereocenters. The molecule has 1 heterocycles. The first-order valence-electron chi connectivity index (χ1n) is 6.44. The van der Waals surface area contributed by atoms with Crippen LogP contribution in [0.3, 0.4) is 0 Å². The van der Waals surface area contributed by atoms with Crippen molar-refractivity contribution in [2.75, 3.05) is 33.7 Å². The van der Waals surface area contributed by atoms with E-state index in [2.05, 4.69) is 51.6 Å². The van der Waals surface area contributed by atoms with Crippen LogP contribution in [-0.4, -0.2) is 55.1 Å². The Morgan fingerprint density at radius 2 is 1.94 bits per heavy atom. The Labute approximate surface area is 101 Å². The van der Waals surface area contributed by atoms with Crippen molar-refractivity contribution in [1.82, 2.24) is 9.80 Å². The molecule has 1 aliphatic rings. The quantitative estimate of drug-likeness (QED) is 0.784. The van der Waals surface area contributed by atoms with Gasteiger partial charge in [-0.1, -0.05) is 20.8 Å². The first kappa shape index (κ1) is 13.9. The molecule has 16 heavy (non-hydrogen) atoms. The second-order valence-corrected chi connectivity index (χ2v) is 6.13. The molecule has 0 bridgehead atoms. The van der Waals surface area contributed by atoms with Crippen LogP contribution >= 0.6 is 0 Å². The minimum Gasteiger partial charge on any atom is -0.329 e. The minimum absolute atomic E-state index is 0.152. The fourth-order valence-electron chi connectivity index (χ4n) is 2.77. The van der Waals surface area contributed by atoms with Gasteiger partial charge in [0.25, 0.3) is 0 Å². The molecule has 3 nitrogen and oxygen atoms in total. The van der Waals surface area contributed by atoms with E-state index in [0.29, 0.717) is 12.0 Å². The summed E-state index contributed by atoms with van der Waals surface area (Å²) in [4.78, 5) is 4.94. The number of nitrogens with two attached hydrogens (primary N) is 1. The summed E-state index contributed by atoms with van der Waals surface area (Å²) < 4.78 is 0. The summed E-state index contributed by atoms with van der Waals surface area (Å²) >= 11 is 0. The van der Waals surface area contributed by atoms with Gasteiger partial charge in [0.2, 0.25) is 0 Å². The molecular formula is C13H29N3. The summed E-state index contributed by atoms with van der Waals surface area (Å²) in [6.45, 7) is 12.3. The van der Waals surface area contributed by atoms with Crippen molar-refractivity contribution in [2.24, 2.45) is 17.6 Å². The fraction of sp³-hybridized carbons (Fsp3) is 1.00. The largest absolute Gasteiger partial charge is 0.329 e. The Hall–Kier alpha value is -0.120. The van der Waals surface area contributed by atoms with Gasteiger partial charge in [-0.05, 0) is 32.9 Å². The van der Waals surface area contributed by atoms with E-state index >= 15 is 0 Å². The Morgan fingerprint density at radius 1 is 1.38 bits per heavy atom. The van der Waals surface area contributed by atoms with E-state index in [1.165, 1.54) is 6.54 Å². The molecule has 0 aromatic rings. The second kappa shape index (κ2) is 5.03. The Balaban J connectivity index is 2.77. The molecule has 0 aliphatic carbocycles. The van der Waals surface area contributed by atoms with Crippen LogP contribution in [-0.2, 0) is 0 Å². The lowest BCUT2D eigenvalue weighted by Gasteiger charge is -2.42. The molecule has 1 fully saturated rings. The molecule has 1 aliphatic heterocycles. The predicted octanol–water partition coefficient (Wildman–Crippen LogP) is 1.24. The van der Waals surface area contributed by atoms with Crippen molar-refractivity contribution < 1.29 is 0 Å². The summed E-state index contributed by atoms with van der Waals surface area (Å²) in [6.07, 6.45) is 0. The van der Waals surface area contributed by atoms with Gasteiger partial charge in [-0.15, -0.1) is 0 Å². The highest BCUT2D eigenvalue weighted by Crippen LogP contribution is 2.31. The molecule has 3 heteroatoms. The summed E-state index contributed by atoms with van der Waals surface area (Å²) in [5.74, 6) is 1.34. The number of hydrogen-bond acceptors (Lipinski definition) is 3. The van der Waals surface area contributed by atoms with E-state index in [4.69, 9.17) is 5.73 Å². The molecule has 0 amide bonds. The molecule has 1 saturated heterocycles. The van der Waals surface area contributed by atoms with Crippen molar-refractivity contribution in [3.8, 4) is 0 Å². The molecule has 96 valence electrons. The van der Waals surface area contributed by atoms with Crippen molar-refractivity contribution in [3.63, 3.8) is 0 Å². The van der Waals surface area contributed by atoms with Gasteiger partial charge in [-0.3, -0.25) is 4.90 Å². The van der Waals surface area contributed by atoms with Gasteiger partial charge in [0.05, 0.1) is 0 Å². The zero-order valence-corrected chi connectivity index (χ0v) is 11.8. The van der Waals surface area contributed by atoms with E-state index in [9.17, 15) is 0 Å². The summed E-state index contributed by atoms with van der Waals surface area (Å²) in [6, 6.07) is 0.671. The lowest BCUT2D eigenvalue weighted by Crippen LogP contribution is -2.55. The van der Waals surface area contributed by atoms with Crippen LogP contribution in [0, 0.1) is 11.8 Å². The Bertz CT molecular complexity index is 227. The monoisotopic (exact) mass is 227 g/mol. The van der Waals surface area contributed by atoms with Gasteiger partial charge in [-0.25, -0.2) is 0 Å². The Kier molecular flexibility index (Phi) is 4.38. The highest BCUT2D eigenvalue weighted by Gasteiger charge is 2.41. The number of nitrogens with zero attached hydrogens (tertiary/aromatic N) is 2. The highest BCUT2D eigenvalue weighted by atomic mass is 15.3. The third-order valence-electron chi connectivity index (χ3n) is 4.62. The standard InChI is InChI=1S/C13H29N3/c1-10(2)13(4,9-14)16-7-11(3)12(8-16)15(5)6/h10-12H,7-9,14H2,1-6H3. The van der Waals surface area contributed by atoms with Crippen LogP contribution in [0.25, 0.3) is 0 Å². The van der Waals surface area contributed by atoms with Gasteiger partial charge in [0, 0.05) is 31.2 Å². The van der Waals surface area contributed by atoms with Crippen LogP contribution in [0.1, 0.15) is 27.7 Å². The van der Waals surface area contributed by atoms with Gasteiger partial charge in [0.1, 0.15) is 0 Å². The number of likely N-dealkylation sites (N-methyl/N-ethyl adjacent to an activating group) is 1. The van der Waals surface area contributed by atoms with Crippen LogP contribution < -0.4 is 5.73 Å². The minimum atomic E-state index is 0.152. The van der Waals surface area contributed by atoms with Crippen LogP contribution in [0.5, 0.6) is 0 Å². The number of hydrogen-bond donors (Lipinski definition) is 1. The van der Waals surface area contributed by atoms with E-state index in [0.717, 1.165) is 19.0 Å². The Morgan fingerprint density at radius 3 is 2.25 bits per heavy atom. The smallest absolute Gasteiger partial charge is 0.0327 e. The molecular weight excluding hydrogens is 198 g/mol. The molecule has 0 aromatic heterocycles. The summed E-state index contributed by atoms with van der Waals surface area (Å²) in [5, 5.41) is 0. The van der Waals surface area contributed by atoms with Crippen molar-refractivity contribution in [1.29, 1.82) is 0 Å². The third kappa shape index (κ3) is 2.41. The third-order valence-corrected chi connectivity index (χ3v) is 4.62. The van der Waals surface area contributed by atoms with Gasteiger partial charge in [-0.2, -0.15) is 0 Å². The van der Waals surface area contributed by atoms with E-state index < -0.39 is 0 Å². The molecule has 1 rings (SSSR count). The fourth-order valence-corrected chi connectivity index (χ4v) is 2.77. The van der Waals surface area contributed by atoms with E-state index in [1.807, 2.05) is 0 Å². The maximum Gasteiger partial charge on any atom is 0.0327 e. The summed E-state index contributed by atoms with van der Waals surface area (Å²) in [5.41, 5.74) is 6.15. The molecule has 3 unspecified atom stereocenters. The SMILES string of the molecule is CC1CN(C(C)(CN)C(C)C)CC1N(C)C. The first-order chi connectivity index (χ1) is 7.32. The maximum atomic E-state index is 6.00. The number of rotatable bonds is 4. The predicted molar refractivity (Wildman–Crippen MR) is 70.5 cm³/mol. The highest BCUT2D eigenvalue weighted by molar-refractivity contribution is 4.98. The molecule has 0 aromatic carbocycles. The zero-order chi connectivity index (χ0) is 12.5. The van der Waals surface area contributed by atoms with Crippen LogP contribution in [0.4, 0.5) is 0 Å². The second-order valence-electron chi connectivity index (χ2n) is 6.13. The average molecular weight is 227 g/mol. The molecule has 0 spiro atoms. The van der Waals surface area contributed by atoms with Crippen LogP contribution in [0.15, 0.2) is 0 Å². The van der Waals surface area contributed by atoms with E-state index in [1.54, 1.807) is 0 Å². The first-order valence-corrected chi connectivity index (χ1v) is 6.44. The number of likely N-dealkylation sites (tertiary alicyclic amines) is 1. The maximum absolute atomic E-state index is 6.00. The lowest BCUT2D eigenvalue weighted by atomic mass is 9.87. The van der Waals surface area contributed by atoms with Crippen LogP contribution in [0.2, 0.25) is 0 Å². The lowest BCUT2D eigenvalue weighted by molar-refractivity contribution is 0.0846. The normalized spacial score (nSPS) is 31.3. The summed E-state index contributed by atoms with van der Waals surface area (Å²) in [7, 11) is 4.36. The van der Waals surface area contributed by atoms with Gasteiger partial charge >= 0.3 is 0 Å². The molecule has 2 N–H and O–H groups in total. The molecule has 0 saturated carbocycles. The van der Waals surface area contributed by atoms with Crippen molar-refractivity contribution in [2.45, 2.75) is 39.3 Å².